The predicted molar refractivity (Wildman–Crippen MR) is 106 cm³/mol. The highest BCUT2D eigenvalue weighted by Gasteiger charge is 2.24. The van der Waals surface area contributed by atoms with Gasteiger partial charge in [0.05, 0.1) is 11.2 Å². The smallest absolute Gasteiger partial charge is 0.301 e. The summed E-state index contributed by atoms with van der Waals surface area (Å²) in [6.07, 6.45) is 4.37. The summed E-state index contributed by atoms with van der Waals surface area (Å²) in [6, 6.07) is 17.0. The fourth-order valence-corrected chi connectivity index (χ4v) is 4.06. The summed E-state index contributed by atoms with van der Waals surface area (Å²) < 4.78 is 38.5. The van der Waals surface area contributed by atoms with E-state index >= 15 is 0 Å². The van der Waals surface area contributed by atoms with Crippen molar-refractivity contribution < 1.29 is 22.4 Å². The molecule has 146 valence electrons. The standard InChI is InChI=1S/C21H16N2O5S/c24-21(20-16(10-12-27-20)14-28-17-6-2-1-3-7-17)23-29(25,26)19-8-4-5-15-13-22-11-9-18(15)19/h1-13H,14H2,(H,23,24). The number of nitrogens with one attached hydrogen (secondary N) is 1. The highest BCUT2D eigenvalue weighted by molar-refractivity contribution is 7.90. The number of para-hydroxylation sites is 1. The third kappa shape index (κ3) is 3.97. The molecule has 2 heterocycles. The van der Waals surface area contributed by atoms with Gasteiger partial charge in [-0.3, -0.25) is 9.78 Å². The van der Waals surface area contributed by atoms with Crippen molar-refractivity contribution in [1.29, 1.82) is 0 Å². The second-order valence-electron chi connectivity index (χ2n) is 6.16. The van der Waals surface area contributed by atoms with Gasteiger partial charge in [-0.25, -0.2) is 13.1 Å². The van der Waals surface area contributed by atoms with Gasteiger partial charge in [0.25, 0.3) is 10.0 Å². The minimum atomic E-state index is -4.12. The van der Waals surface area contributed by atoms with Gasteiger partial charge in [-0.05, 0) is 30.3 Å². The van der Waals surface area contributed by atoms with Crippen molar-refractivity contribution in [2.24, 2.45) is 0 Å². The fraction of sp³-hybridized carbons (Fsp3) is 0.0476. The summed E-state index contributed by atoms with van der Waals surface area (Å²) in [5.41, 5.74) is 0.434. The molecular weight excluding hydrogens is 392 g/mol. The molecule has 1 amide bonds. The first-order chi connectivity index (χ1) is 14.0. The molecule has 2 aromatic heterocycles. The van der Waals surface area contributed by atoms with Gasteiger partial charge in [0.15, 0.2) is 5.76 Å². The van der Waals surface area contributed by atoms with E-state index in [1.54, 1.807) is 42.6 Å². The van der Waals surface area contributed by atoms with Crippen LogP contribution in [0.1, 0.15) is 16.1 Å². The molecule has 1 N–H and O–H groups in total. The number of nitrogens with zero attached hydrogens (tertiary/aromatic N) is 1. The number of hydrogen-bond donors (Lipinski definition) is 1. The second kappa shape index (κ2) is 7.76. The Morgan fingerprint density at radius 2 is 1.86 bits per heavy atom. The lowest BCUT2D eigenvalue weighted by Crippen LogP contribution is -2.31. The Morgan fingerprint density at radius 3 is 2.69 bits per heavy atom. The topological polar surface area (TPSA) is 98.5 Å². The number of aromatic nitrogens is 1. The highest BCUT2D eigenvalue weighted by Crippen LogP contribution is 2.23. The maximum atomic E-state index is 12.8. The molecule has 4 aromatic rings. The lowest BCUT2D eigenvalue weighted by atomic mass is 10.2. The first kappa shape index (κ1) is 18.7. The second-order valence-corrected chi connectivity index (χ2v) is 7.82. The largest absolute Gasteiger partial charge is 0.489 e. The predicted octanol–water partition coefficient (Wildman–Crippen LogP) is 3.53. The van der Waals surface area contributed by atoms with E-state index in [-0.39, 0.29) is 17.3 Å². The number of ether oxygens (including phenoxy) is 1. The molecule has 0 atom stereocenters. The zero-order valence-corrected chi connectivity index (χ0v) is 15.9. The van der Waals surface area contributed by atoms with Crippen molar-refractivity contribution in [3.05, 3.63) is 90.6 Å². The normalized spacial score (nSPS) is 11.3. The van der Waals surface area contributed by atoms with E-state index in [4.69, 9.17) is 9.15 Å². The Kier molecular flexibility index (Phi) is 5.01. The van der Waals surface area contributed by atoms with Crippen molar-refractivity contribution in [2.75, 3.05) is 0 Å². The number of carbonyl (C=O) groups excluding carboxylic acids is 1. The third-order valence-electron chi connectivity index (χ3n) is 4.25. The summed E-state index contributed by atoms with van der Waals surface area (Å²) in [7, 11) is -4.12. The molecule has 7 nitrogen and oxygen atoms in total. The number of rotatable bonds is 6. The molecule has 0 aliphatic carbocycles. The van der Waals surface area contributed by atoms with Crippen molar-refractivity contribution in [2.45, 2.75) is 11.5 Å². The molecule has 8 heteroatoms. The number of pyridine rings is 1. The van der Waals surface area contributed by atoms with E-state index in [1.807, 2.05) is 18.2 Å². The van der Waals surface area contributed by atoms with Gasteiger partial charge in [0.2, 0.25) is 0 Å². The minimum Gasteiger partial charge on any atom is -0.489 e. The average molecular weight is 408 g/mol. The van der Waals surface area contributed by atoms with Crippen LogP contribution in [0.2, 0.25) is 0 Å². The SMILES string of the molecule is O=C(NS(=O)(=O)c1cccc2cnccc12)c1occc1COc1ccccc1. The number of sulfonamides is 1. The number of amides is 1. The van der Waals surface area contributed by atoms with Gasteiger partial charge in [-0.2, -0.15) is 0 Å². The molecule has 0 bridgehead atoms. The molecule has 0 fully saturated rings. The summed E-state index contributed by atoms with van der Waals surface area (Å²) in [5, 5.41) is 1.12. The van der Waals surface area contributed by atoms with Gasteiger partial charge in [-0.15, -0.1) is 0 Å². The van der Waals surface area contributed by atoms with Crippen LogP contribution in [0.5, 0.6) is 5.75 Å². The molecule has 0 aliphatic rings. The summed E-state index contributed by atoms with van der Waals surface area (Å²) >= 11 is 0. The van der Waals surface area contributed by atoms with Gasteiger partial charge in [0.1, 0.15) is 12.4 Å². The van der Waals surface area contributed by atoms with E-state index in [0.717, 1.165) is 0 Å². The van der Waals surface area contributed by atoms with Gasteiger partial charge >= 0.3 is 5.91 Å². The summed E-state index contributed by atoms with van der Waals surface area (Å²) in [6.45, 7) is 0.0588. The molecule has 4 rings (SSSR count). The Labute approximate surface area is 167 Å². The van der Waals surface area contributed by atoms with Crippen LogP contribution < -0.4 is 9.46 Å². The first-order valence-corrected chi connectivity index (χ1v) is 10.2. The average Bonchev–Trinajstić information content (AvgIpc) is 3.21. The van der Waals surface area contributed by atoms with Crippen molar-refractivity contribution in [1.82, 2.24) is 9.71 Å². The molecule has 0 saturated heterocycles. The zero-order valence-electron chi connectivity index (χ0n) is 15.1. The molecular formula is C21H16N2O5S. The van der Waals surface area contributed by atoms with Gasteiger partial charge in [0, 0.05) is 28.7 Å². The number of hydrogen-bond acceptors (Lipinski definition) is 6. The molecule has 2 aromatic carbocycles. The number of benzene rings is 2. The molecule has 0 unspecified atom stereocenters. The monoisotopic (exact) mass is 408 g/mol. The van der Waals surface area contributed by atoms with E-state index in [1.165, 1.54) is 18.5 Å². The van der Waals surface area contributed by atoms with Crippen molar-refractivity contribution in [3.63, 3.8) is 0 Å². The van der Waals surface area contributed by atoms with Crippen LogP contribution in [0.15, 0.2) is 88.6 Å². The minimum absolute atomic E-state index is 0.0145. The first-order valence-electron chi connectivity index (χ1n) is 8.69. The molecule has 0 aliphatic heterocycles. The Bertz CT molecular complexity index is 1260. The molecule has 0 radical (unpaired) electrons. The number of carbonyl (C=O) groups is 1. The van der Waals surface area contributed by atoms with Crippen LogP contribution in [0.25, 0.3) is 10.8 Å². The number of furan rings is 1. The van der Waals surface area contributed by atoms with Crippen molar-refractivity contribution >= 4 is 26.7 Å². The quantitative estimate of drug-likeness (QED) is 0.524. The van der Waals surface area contributed by atoms with Gasteiger partial charge in [-0.1, -0.05) is 30.3 Å². The molecule has 0 spiro atoms. The van der Waals surface area contributed by atoms with Crippen LogP contribution in [-0.2, 0) is 16.6 Å². The summed E-state index contributed by atoms with van der Waals surface area (Å²) in [5.74, 6) is -0.365. The lowest BCUT2D eigenvalue weighted by Gasteiger charge is -2.10. The zero-order chi connectivity index (χ0) is 20.3. The van der Waals surface area contributed by atoms with Crippen LogP contribution >= 0.6 is 0 Å². The van der Waals surface area contributed by atoms with Crippen LogP contribution in [0, 0.1) is 0 Å². The lowest BCUT2D eigenvalue weighted by molar-refractivity contribution is 0.0951. The summed E-state index contributed by atoms with van der Waals surface area (Å²) in [4.78, 5) is 16.6. The van der Waals surface area contributed by atoms with Crippen LogP contribution in [0.4, 0.5) is 0 Å². The van der Waals surface area contributed by atoms with Gasteiger partial charge < -0.3 is 9.15 Å². The van der Waals surface area contributed by atoms with Crippen LogP contribution in [-0.4, -0.2) is 19.3 Å². The van der Waals surface area contributed by atoms with E-state index in [0.29, 0.717) is 22.1 Å². The maximum absolute atomic E-state index is 12.8. The Morgan fingerprint density at radius 1 is 1.03 bits per heavy atom. The van der Waals surface area contributed by atoms with E-state index in [9.17, 15) is 13.2 Å². The third-order valence-corrected chi connectivity index (χ3v) is 5.64. The van der Waals surface area contributed by atoms with E-state index in [2.05, 4.69) is 9.71 Å². The highest BCUT2D eigenvalue weighted by atomic mass is 32.2. The maximum Gasteiger partial charge on any atom is 0.301 e. The van der Waals surface area contributed by atoms with E-state index < -0.39 is 15.9 Å². The Balaban J connectivity index is 1.56. The van der Waals surface area contributed by atoms with Crippen molar-refractivity contribution in [3.8, 4) is 5.75 Å². The number of fused-ring (bicyclic) bond motifs is 1. The molecule has 29 heavy (non-hydrogen) atoms. The molecule has 0 saturated carbocycles. The Hall–Kier alpha value is -3.65. The fourth-order valence-electron chi connectivity index (χ4n) is 2.88. The van der Waals surface area contributed by atoms with Crippen LogP contribution in [0.3, 0.4) is 0 Å².